The lowest BCUT2D eigenvalue weighted by atomic mass is 10.1. The Labute approximate surface area is 109 Å². The van der Waals surface area contributed by atoms with Gasteiger partial charge in [-0.2, -0.15) is 0 Å². The SMILES string of the molecule is Cc1ccc(/C(Cl)=C/C=C(/C(N)=O)C(=O)O)cc1. The summed E-state index contributed by atoms with van der Waals surface area (Å²) in [6.07, 6.45) is 2.42. The van der Waals surface area contributed by atoms with Crippen LogP contribution in [-0.2, 0) is 9.59 Å². The number of nitrogens with two attached hydrogens (primary N) is 1. The van der Waals surface area contributed by atoms with E-state index in [9.17, 15) is 9.59 Å². The Morgan fingerprint density at radius 1 is 1.22 bits per heavy atom. The zero-order valence-corrected chi connectivity index (χ0v) is 10.4. The highest BCUT2D eigenvalue weighted by atomic mass is 35.5. The highest BCUT2D eigenvalue weighted by Crippen LogP contribution is 2.19. The second kappa shape index (κ2) is 6.02. The standard InChI is InChI=1S/C13H12ClNO3/c1-8-2-4-9(5-3-8)11(14)7-6-10(12(15)16)13(17)18/h2-7H,1H3,(H2,15,16)(H,17,18)/b10-6-,11-7-. The normalized spacial score (nSPS) is 12.3. The lowest BCUT2D eigenvalue weighted by molar-refractivity contribution is -0.134. The number of allylic oxidation sites excluding steroid dienone is 2. The first kappa shape index (κ1) is 14.0. The molecule has 0 bridgehead atoms. The molecule has 0 atom stereocenters. The van der Waals surface area contributed by atoms with Crippen LogP contribution in [0.5, 0.6) is 0 Å². The first-order chi connectivity index (χ1) is 8.41. The van der Waals surface area contributed by atoms with E-state index in [1.807, 2.05) is 19.1 Å². The Bertz CT molecular complexity index is 514. The van der Waals surface area contributed by atoms with E-state index in [-0.39, 0.29) is 0 Å². The Morgan fingerprint density at radius 3 is 2.22 bits per heavy atom. The minimum Gasteiger partial charge on any atom is -0.477 e. The van der Waals surface area contributed by atoms with Gasteiger partial charge in [0.1, 0.15) is 5.57 Å². The summed E-state index contributed by atoms with van der Waals surface area (Å²) in [6, 6.07) is 7.35. The van der Waals surface area contributed by atoms with E-state index in [0.717, 1.165) is 17.2 Å². The Morgan fingerprint density at radius 2 is 1.78 bits per heavy atom. The van der Waals surface area contributed by atoms with Crippen molar-refractivity contribution < 1.29 is 14.7 Å². The third-order valence-electron chi connectivity index (χ3n) is 2.22. The van der Waals surface area contributed by atoms with E-state index in [1.54, 1.807) is 12.1 Å². The zero-order chi connectivity index (χ0) is 13.7. The Kier molecular flexibility index (Phi) is 4.68. The van der Waals surface area contributed by atoms with Crippen molar-refractivity contribution in [3.63, 3.8) is 0 Å². The van der Waals surface area contributed by atoms with Gasteiger partial charge in [-0.1, -0.05) is 41.4 Å². The number of rotatable bonds is 4. The van der Waals surface area contributed by atoms with Crippen molar-refractivity contribution in [2.45, 2.75) is 6.92 Å². The van der Waals surface area contributed by atoms with Crippen molar-refractivity contribution in [3.05, 3.63) is 53.1 Å². The lowest BCUT2D eigenvalue weighted by Crippen LogP contribution is -2.20. The first-order valence-electron chi connectivity index (χ1n) is 5.09. The smallest absolute Gasteiger partial charge is 0.341 e. The molecule has 18 heavy (non-hydrogen) atoms. The largest absolute Gasteiger partial charge is 0.477 e. The quantitative estimate of drug-likeness (QED) is 0.378. The van der Waals surface area contributed by atoms with E-state index >= 15 is 0 Å². The van der Waals surface area contributed by atoms with E-state index in [2.05, 4.69) is 0 Å². The van der Waals surface area contributed by atoms with E-state index in [4.69, 9.17) is 22.4 Å². The van der Waals surface area contributed by atoms with E-state index in [0.29, 0.717) is 5.03 Å². The van der Waals surface area contributed by atoms with Crippen LogP contribution in [-0.4, -0.2) is 17.0 Å². The third-order valence-corrected chi connectivity index (χ3v) is 2.56. The number of aliphatic carboxylic acids is 1. The number of hydrogen-bond donors (Lipinski definition) is 2. The molecule has 1 aromatic rings. The van der Waals surface area contributed by atoms with Gasteiger partial charge in [0.2, 0.25) is 0 Å². The molecule has 5 heteroatoms. The number of amides is 1. The van der Waals surface area contributed by atoms with Gasteiger partial charge in [-0.15, -0.1) is 0 Å². The number of carbonyl (C=O) groups excluding carboxylic acids is 1. The van der Waals surface area contributed by atoms with Crippen molar-refractivity contribution >= 4 is 28.5 Å². The number of carboxylic acid groups (broad SMARTS) is 1. The number of hydrogen-bond acceptors (Lipinski definition) is 2. The molecule has 0 aromatic heterocycles. The molecule has 0 aliphatic carbocycles. The number of halogens is 1. The molecule has 0 saturated heterocycles. The molecule has 0 heterocycles. The molecule has 0 unspecified atom stereocenters. The van der Waals surface area contributed by atoms with Crippen molar-refractivity contribution in [3.8, 4) is 0 Å². The molecule has 3 N–H and O–H groups in total. The van der Waals surface area contributed by atoms with Crippen LogP contribution in [0, 0.1) is 6.92 Å². The number of primary amides is 1. The van der Waals surface area contributed by atoms with Crippen LogP contribution in [0.3, 0.4) is 0 Å². The van der Waals surface area contributed by atoms with Crippen molar-refractivity contribution in [1.29, 1.82) is 0 Å². The van der Waals surface area contributed by atoms with Gasteiger partial charge < -0.3 is 10.8 Å². The predicted molar refractivity (Wildman–Crippen MR) is 69.9 cm³/mol. The maximum Gasteiger partial charge on any atom is 0.341 e. The average molecular weight is 266 g/mol. The lowest BCUT2D eigenvalue weighted by Gasteiger charge is -1.99. The highest BCUT2D eigenvalue weighted by molar-refractivity contribution is 6.49. The topological polar surface area (TPSA) is 80.4 Å². The Hall–Kier alpha value is -2.07. The van der Waals surface area contributed by atoms with Crippen LogP contribution in [0.25, 0.3) is 5.03 Å². The third kappa shape index (κ3) is 3.75. The number of benzene rings is 1. The average Bonchev–Trinajstić information content (AvgIpc) is 2.28. The van der Waals surface area contributed by atoms with Crippen LogP contribution in [0.1, 0.15) is 11.1 Å². The van der Waals surface area contributed by atoms with Crippen molar-refractivity contribution in [2.75, 3.05) is 0 Å². The molecule has 0 saturated carbocycles. The van der Waals surface area contributed by atoms with Gasteiger partial charge in [-0.05, 0) is 24.6 Å². The number of carboxylic acids is 1. The fourth-order valence-corrected chi connectivity index (χ4v) is 1.41. The maximum atomic E-state index is 10.8. The molecule has 0 radical (unpaired) electrons. The van der Waals surface area contributed by atoms with Crippen LogP contribution in [0.15, 0.2) is 42.0 Å². The summed E-state index contributed by atoms with van der Waals surface area (Å²) in [7, 11) is 0. The fraction of sp³-hybridized carbons (Fsp3) is 0.0769. The minimum atomic E-state index is -1.38. The molecular formula is C13H12ClNO3. The molecule has 94 valence electrons. The maximum absolute atomic E-state index is 10.8. The van der Waals surface area contributed by atoms with Crippen LogP contribution in [0.2, 0.25) is 0 Å². The summed E-state index contributed by atoms with van der Waals surface area (Å²) in [5.41, 5.74) is 6.22. The summed E-state index contributed by atoms with van der Waals surface area (Å²) in [4.78, 5) is 21.5. The van der Waals surface area contributed by atoms with Gasteiger partial charge in [-0.25, -0.2) is 4.79 Å². The van der Waals surface area contributed by atoms with E-state index in [1.165, 1.54) is 6.08 Å². The molecule has 4 nitrogen and oxygen atoms in total. The van der Waals surface area contributed by atoms with Crippen LogP contribution >= 0.6 is 11.6 Å². The Balaban J connectivity index is 3.02. The summed E-state index contributed by atoms with van der Waals surface area (Å²) in [5, 5.41) is 9.05. The second-order valence-corrected chi connectivity index (χ2v) is 4.04. The molecule has 0 spiro atoms. The summed E-state index contributed by atoms with van der Waals surface area (Å²) in [5.74, 6) is -2.39. The minimum absolute atomic E-state index is 0.329. The van der Waals surface area contributed by atoms with E-state index < -0.39 is 17.4 Å². The number of carbonyl (C=O) groups is 2. The van der Waals surface area contributed by atoms with Gasteiger partial charge in [0.05, 0.1) is 0 Å². The molecule has 1 aromatic carbocycles. The van der Waals surface area contributed by atoms with Crippen molar-refractivity contribution in [1.82, 2.24) is 0 Å². The predicted octanol–water partition coefficient (Wildman–Crippen LogP) is 2.07. The summed E-state index contributed by atoms with van der Waals surface area (Å²) >= 11 is 5.98. The first-order valence-corrected chi connectivity index (χ1v) is 5.47. The molecule has 0 aliphatic rings. The number of aryl methyl sites for hydroxylation is 1. The van der Waals surface area contributed by atoms with Gasteiger partial charge in [0.15, 0.2) is 0 Å². The zero-order valence-electron chi connectivity index (χ0n) is 9.68. The summed E-state index contributed by atoms with van der Waals surface area (Å²) < 4.78 is 0. The molecule has 1 rings (SSSR count). The van der Waals surface area contributed by atoms with Gasteiger partial charge >= 0.3 is 5.97 Å². The van der Waals surface area contributed by atoms with Crippen LogP contribution in [0.4, 0.5) is 0 Å². The highest BCUT2D eigenvalue weighted by Gasteiger charge is 2.12. The molecule has 0 aliphatic heterocycles. The van der Waals surface area contributed by atoms with Gasteiger partial charge in [-0.3, -0.25) is 4.79 Å². The van der Waals surface area contributed by atoms with Crippen LogP contribution < -0.4 is 5.73 Å². The molecule has 0 fully saturated rings. The van der Waals surface area contributed by atoms with Gasteiger partial charge in [0.25, 0.3) is 5.91 Å². The van der Waals surface area contributed by atoms with Crippen molar-refractivity contribution in [2.24, 2.45) is 5.73 Å². The monoisotopic (exact) mass is 265 g/mol. The fourth-order valence-electron chi connectivity index (χ4n) is 1.22. The molecule has 1 amide bonds. The summed E-state index contributed by atoms with van der Waals surface area (Å²) in [6.45, 7) is 1.94. The second-order valence-electron chi connectivity index (χ2n) is 3.63. The molecular weight excluding hydrogens is 254 g/mol. The van der Waals surface area contributed by atoms with Gasteiger partial charge in [0, 0.05) is 5.03 Å².